The molecule has 0 heterocycles. The maximum absolute atomic E-state index is 13.4. The summed E-state index contributed by atoms with van der Waals surface area (Å²) in [7, 11) is 0. The van der Waals surface area contributed by atoms with Crippen LogP contribution in [0.5, 0.6) is 0 Å². The number of halogens is 2. The van der Waals surface area contributed by atoms with Crippen molar-refractivity contribution in [3.05, 3.63) is 71.0 Å². The van der Waals surface area contributed by atoms with Crippen molar-refractivity contribution in [1.82, 2.24) is 0 Å². The highest BCUT2D eigenvalue weighted by Gasteiger charge is 2.19. The minimum absolute atomic E-state index is 0.290. The Hall–Kier alpha value is -1.67. The molecule has 0 aliphatic carbocycles. The van der Waals surface area contributed by atoms with Gasteiger partial charge in [0.2, 0.25) is 0 Å². The molecule has 0 fully saturated rings. The van der Waals surface area contributed by atoms with E-state index in [2.05, 4.69) is 0 Å². The number of hydrogen-bond acceptors (Lipinski definition) is 1. The molecule has 92 valence electrons. The zero-order valence-corrected chi connectivity index (χ0v) is 10.6. The predicted molar refractivity (Wildman–Crippen MR) is 70.5 cm³/mol. The van der Waals surface area contributed by atoms with E-state index >= 15 is 0 Å². The van der Waals surface area contributed by atoms with Crippen LogP contribution in [0.4, 0.5) is 4.39 Å². The number of hydrogen-bond donors (Lipinski definition) is 0. The molecule has 2 aromatic rings. The molecular weight excluding hydrogens is 251 g/mol. The van der Waals surface area contributed by atoms with Crippen LogP contribution in [0, 0.1) is 12.7 Å². The third-order valence-corrected chi connectivity index (χ3v) is 3.23. The van der Waals surface area contributed by atoms with Crippen LogP contribution in [0.3, 0.4) is 0 Å². The van der Waals surface area contributed by atoms with Gasteiger partial charge in [-0.3, -0.25) is 4.79 Å². The molecule has 3 heteroatoms. The van der Waals surface area contributed by atoms with Gasteiger partial charge in [-0.2, -0.15) is 0 Å². The zero-order valence-electron chi connectivity index (χ0n) is 9.86. The lowest BCUT2D eigenvalue weighted by Crippen LogP contribution is -2.08. The average Bonchev–Trinajstić information content (AvgIpc) is 2.41. The zero-order chi connectivity index (χ0) is 13.1. The van der Waals surface area contributed by atoms with E-state index in [1.54, 1.807) is 31.2 Å². The average molecular weight is 263 g/mol. The van der Waals surface area contributed by atoms with Gasteiger partial charge in [-0.15, -0.1) is 11.6 Å². The molecule has 0 radical (unpaired) electrons. The van der Waals surface area contributed by atoms with E-state index < -0.39 is 11.2 Å². The van der Waals surface area contributed by atoms with Crippen LogP contribution >= 0.6 is 11.6 Å². The van der Waals surface area contributed by atoms with E-state index in [1.165, 1.54) is 6.07 Å². The molecule has 0 aliphatic heterocycles. The van der Waals surface area contributed by atoms with Crippen molar-refractivity contribution in [2.75, 3.05) is 0 Å². The van der Waals surface area contributed by atoms with E-state index in [0.717, 1.165) is 0 Å². The van der Waals surface area contributed by atoms with Crippen LogP contribution in [0.25, 0.3) is 0 Å². The van der Waals surface area contributed by atoms with Crippen molar-refractivity contribution in [3.8, 4) is 0 Å². The number of ketones is 1. The smallest absolute Gasteiger partial charge is 0.185 e. The van der Waals surface area contributed by atoms with Gasteiger partial charge in [0, 0.05) is 5.56 Å². The molecule has 0 bridgehead atoms. The van der Waals surface area contributed by atoms with Gasteiger partial charge >= 0.3 is 0 Å². The Morgan fingerprint density at radius 1 is 1.17 bits per heavy atom. The second-order valence-corrected chi connectivity index (χ2v) is 4.54. The van der Waals surface area contributed by atoms with Crippen molar-refractivity contribution in [1.29, 1.82) is 0 Å². The molecule has 0 saturated carbocycles. The van der Waals surface area contributed by atoms with E-state index in [0.29, 0.717) is 16.7 Å². The fraction of sp³-hybridized carbons (Fsp3) is 0.133. The van der Waals surface area contributed by atoms with Gasteiger partial charge in [-0.25, -0.2) is 4.39 Å². The molecule has 0 aromatic heterocycles. The first-order valence-electron chi connectivity index (χ1n) is 5.59. The highest BCUT2D eigenvalue weighted by Crippen LogP contribution is 2.25. The summed E-state index contributed by atoms with van der Waals surface area (Å²) in [6.07, 6.45) is 0. The topological polar surface area (TPSA) is 17.1 Å². The normalized spacial score (nSPS) is 12.2. The minimum Gasteiger partial charge on any atom is -0.292 e. The van der Waals surface area contributed by atoms with Crippen LogP contribution in [0.2, 0.25) is 0 Å². The van der Waals surface area contributed by atoms with Crippen molar-refractivity contribution in [2.45, 2.75) is 12.3 Å². The number of Topliss-reactive ketones (excluding diaryl/α,β-unsaturated/α-hetero) is 1. The summed E-state index contributed by atoms with van der Waals surface area (Å²) >= 11 is 6.11. The SMILES string of the molecule is Cc1ccc(C(=O)C(Cl)c2ccccc2)cc1F. The molecule has 1 unspecified atom stereocenters. The first-order valence-corrected chi connectivity index (χ1v) is 6.02. The van der Waals surface area contributed by atoms with Gasteiger partial charge < -0.3 is 0 Å². The lowest BCUT2D eigenvalue weighted by Gasteiger charge is -2.09. The predicted octanol–water partition coefficient (Wildman–Crippen LogP) is 4.30. The molecule has 2 aromatic carbocycles. The second-order valence-electron chi connectivity index (χ2n) is 4.10. The van der Waals surface area contributed by atoms with Crippen LogP contribution in [-0.2, 0) is 0 Å². The Balaban J connectivity index is 2.29. The summed E-state index contributed by atoms with van der Waals surface area (Å²) in [5.41, 5.74) is 1.52. The number of carbonyl (C=O) groups excluding carboxylic acids is 1. The van der Waals surface area contributed by atoms with Crippen molar-refractivity contribution in [2.24, 2.45) is 0 Å². The maximum Gasteiger partial charge on any atom is 0.185 e. The molecule has 0 spiro atoms. The summed E-state index contributed by atoms with van der Waals surface area (Å²) in [4.78, 5) is 12.1. The van der Waals surface area contributed by atoms with E-state index in [4.69, 9.17) is 11.6 Å². The molecule has 0 amide bonds. The van der Waals surface area contributed by atoms with Crippen molar-refractivity contribution in [3.63, 3.8) is 0 Å². The summed E-state index contributed by atoms with van der Waals surface area (Å²) in [5.74, 6) is -0.681. The molecule has 0 saturated heterocycles. The summed E-state index contributed by atoms with van der Waals surface area (Å²) in [6.45, 7) is 1.65. The maximum atomic E-state index is 13.4. The van der Waals surface area contributed by atoms with Gasteiger partial charge in [0.15, 0.2) is 5.78 Å². The van der Waals surface area contributed by atoms with E-state index in [1.807, 2.05) is 18.2 Å². The largest absolute Gasteiger partial charge is 0.292 e. The summed E-state index contributed by atoms with van der Waals surface area (Å²) in [6, 6.07) is 13.4. The number of carbonyl (C=O) groups is 1. The number of rotatable bonds is 3. The number of benzene rings is 2. The first-order chi connectivity index (χ1) is 8.59. The minimum atomic E-state index is -0.784. The number of aryl methyl sites for hydroxylation is 1. The van der Waals surface area contributed by atoms with Gasteiger partial charge in [-0.05, 0) is 24.1 Å². The summed E-state index contributed by atoms with van der Waals surface area (Å²) < 4.78 is 13.4. The summed E-state index contributed by atoms with van der Waals surface area (Å²) in [5, 5.41) is -0.784. The Labute approximate surface area is 110 Å². The molecule has 0 aliphatic rings. The standard InChI is InChI=1S/C15H12ClFO/c1-10-7-8-12(9-13(10)17)15(18)14(16)11-5-3-2-4-6-11/h2-9,14H,1H3. The Kier molecular flexibility index (Phi) is 3.78. The number of alkyl halides is 1. The van der Waals surface area contributed by atoms with Gasteiger partial charge in [0.05, 0.1) is 0 Å². The van der Waals surface area contributed by atoms with Gasteiger partial charge in [0.25, 0.3) is 0 Å². The highest BCUT2D eigenvalue weighted by molar-refractivity contribution is 6.33. The lowest BCUT2D eigenvalue weighted by molar-refractivity contribution is 0.0986. The fourth-order valence-electron chi connectivity index (χ4n) is 1.67. The van der Waals surface area contributed by atoms with E-state index in [9.17, 15) is 9.18 Å². The Morgan fingerprint density at radius 2 is 1.83 bits per heavy atom. The Morgan fingerprint density at radius 3 is 2.44 bits per heavy atom. The molecule has 1 atom stereocenters. The fourth-order valence-corrected chi connectivity index (χ4v) is 1.94. The molecule has 0 N–H and O–H groups in total. The molecular formula is C15H12ClFO. The lowest BCUT2D eigenvalue weighted by atomic mass is 10.0. The Bertz CT molecular complexity index is 566. The van der Waals surface area contributed by atoms with Crippen molar-refractivity contribution < 1.29 is 9.18 Å². The van der Waals surface area contributed by atoms with Crippen LogP contribution in [-0.4, -0.2) is 5.78 Å². The third-order valence-electron chi connectivity index (χ3n) is 2.78. The highest BCUT2D eigenvalue weighted by atomic mass is 35.5. The third kappa shape index (κ3) is 2.59. The second kappa shape index (κ2) is 5.32. The van der Waals surface area contributed by atoms with Crippen LogP contribution in [0.15, 0.2) is 48.5 Å². The van der Waals surface area contributed by atoms with Crippen LogP contribution < -0.4 is 0 Å². The molecule has 1 nitrogen and oxygen atoms in total. The van der Waals surface area contributed by atoms with E-state index in [-0.39, 0.29) is 5.78 Å². The van der Waals surface area contributed by atoms with Crippen LogP contribution in [0.1, 0.15) is 26.9 Å². The monoisotopic (exact) mass is 262 g/mol. The quantitative estimate of drug-likeness (QED) is 0.595. The molecule has 18 heavy (non-hydrogen) atoms. The molecule has 2 rings (SSSR count). The van der Waals surface area contributed by atoms with Gasteiger partial charge in [-0.1, -0.05) is 42.5 Å². The van der Waals surface area contributed by atoms with Gasteiger partial charge in [0.1, 0.15) is 11.2 Å². The first kappa shape index (κ1) is 12.8. The van der Waals surface area contributed by atoms with Crippen molar-refractivity contribution >= 4 is 17.4 Å².